The van der Waals surface area contributed by atoms with Crippen LogP contribution in [0.1, 0.15) is 27.7 Å². The molecule has 0 aliphatic heterocycles. The minimum absolute atomic E-state index is 0.238. The van der Waals surface area contributed by atoms with Gasteiger partial charge in [-0.3, -0.25) is 0 Å². The molecule has 0 aliphatic rings. The summed E-state index contributed by atoms with van der Waals surface area (Å²) in [5, 5.41) is 1.30. The lowest BCUT2D eigenvalue weighted by atomic mass is 10.3. The molecule has 3 heteroatoms. The Kier molecular flexibility index (Phi) is 6.65. The summed E-state index contributed by atoms with van der Waals surface area (Å²) in [5.74, 6) is 3.34. The van der Waals surface area contributed by atoms with Crippen LogP contribution < -0.4 is 14.8 Å². The van der Waals surface area contributed by atoms with Crippen molar-refractivity contribution in [2.75, 3.05) is 26.5 Å². The van der Waals surface area contributed by atoms with E-state index in [1.54, 1.807) is 14.2 Å². The molecule has 0 heterocycles. The summed E-state index contributed by atoms with van der Waals surface area (Å²) in [6, 6.07) is 6.10. The number of benzene rings is 1. The van der Waals surface area contributed by atoms with Crippen molar-refractivity contribution in [1.82, 2.24) is 0 Å². The van der Waals surface area contributed by atoms with Crippen LogP contribution in [0.2, 0.25) is 0 Å². The van der Waals surface area contributed by atoms with Gasteiger partial charge in [0.25, 0.3) is 0 Å². The molecule has 0 fully saturated rings. The van der Waals surface area contributed by atoms with Crippen molar-refractivity contribution in [3.63, 3.8) is 0 Å². The lowest BCUT2D eigenvalue weighted by Gasteiger charge is -2.25. The molecule has 2 nitrogen and oxygen atoms in total. The Bertz CT molecular complexity index is 356. The van der Waals surface area contributed by atoms with Gasteiger partial charge in [-0.2, -0.15) is 0 Å². The third-order valence-corrected chi connectivity index (χ3v) is 6.30. The van der Waals surface area contributed by atoms with Crippen LogP contribution in [-0.4, -0.2) is 26.5 Å². The predicted molar refractivity (Wildman–Crippen MR) is 85.5 cm³/mol. The van der Waals surface area contributed by atoms with Crippen LogP contribution in [0.3, 0.4) is 0 Å². The van der Waals surface area contributed by atoms with Crippen molar-refractivity contribution in [3.05, 3.63) is 18.2 Å². The van der Waals surface area contributed by atoms with E-state index < -0.39 is 0 Å². The average molecular weight is 282 g/mol. The highest BCUT2D eigenvalue weighted by Crippen LogP contribution is 2.44. The van der Waals surface area contributed by atoms with Crippen molar-refractivity contribution in [3.8, 4) is 11.5 Å². The second-order valence-electron chi connectivity index (χ2n) is 5.70. The number of methoxy groups -OCH3 is 2. The molecule has 0 aliphatic carbocycles. The Balaban J connectivity index is 3.18. The fraction of sp³-hybridized carbons (Fsp3) is 0.625. The van der Waals surface area contributed by atoms with Crippen molar-refractivity contribution >= 4 is 13.2 Å². The zero-order valence-electron chi connectivity index (χ0n) is 13.1. The van der Waals surface area contributed by atoms with Gasteiger partial charge in [0.1, 0.15) is 11.5 Å². The largest absolute Gasteiger partial charge is 0.496 e. The molecular weight excluding hydrogens is 255 g/mol. The molecule has 0 N–H and O–H groups in total. The van der Waals surface area contributed by atoms with Gasteiger partial charge in [0.05, 0.1) is 19.5 Å². The Morgan fingerprint density at radius 1 is 0.895 bits per heavy atom. The van der Waals surface area contributed by atoms with Gasteiger partial charge >= 0.3 is 0 Å². The first-order chi connectivity index (χ1) is 8.99. The second-order valence-corrected chi connectivity index (χ2v) is 7.96. The maximum atomic E-state index is 5.57. The molecule has 0 saturated carbocycles. The Labute approximate surface area is 119 Å². The van der Waals surface area contributed by atoms with Gasteiger partial charge in [-0.25, -0.2) is 0 Å². The number of rotatable bonds is 7. The van der Waals surface area contributed by atoms with Crippen LogP contribution in [0, 0.1) is 11.8 Å². The number of hydrogen-bond donors (Lipinski definition) is 0. The highest BCUT2D eigenvalue weighted by molar-refractivity contribution is 7.66. The Hall–Kier alpha value is -0.750. The summed E-state index contributed by atoms with van der Waals surface area (Å²) in [5.41, 5.74) is 0. The third kappa shape index (κ3) is 4.69. The standard InChI is InChI=1S/C16H27O2P/c1-12(2)10-19(11-13(3)4)16-14(17-5)8-7-9-15(16)18-6/h7-9,12-13H,10-11H2,1-6H3. The summed E-state index contributed by atoms with van der Waals surface area (Å²) in [4.78, 5) is 0. The second kappa shape index (κ2) is 7.75. The smallest absolute Gasteiger partial charge is 0.130 e. The molecular formula is C16H27O2P. The number of hydrogen-bond acceptors (Lipinski definition) is 2. The van der Waals surface area contributed by atoms with Gasteiger partial charge in [0.2, 0.25) is 0 Å². The maximum Gasteiger partial charge on any atom is 0.130 e. The Morgan fingerprint density at radius 2 is 1.32 bits per heavy atom. The van der Waals surface area contributed by atoms with E-state index in [4.69, 9.17) is 9.47 Å². The van der Waals surface area contributed by atoms with Crippen LogP contribution in [0.25, 0.3) is 0 Å². The first-order valence-electron chi connectivity index (χ1n) is 6.95. The molecule has 1 rings (SSSR count). The normalized spacial score (nSPS) is 11.4. The quantitative estimate of drug-likeness (QED) is 0.700. The van der Waals surface area contributed by atoms with E-state index in [2.05, 4.69) is 27.7 Å². The molecule has 0 unspecified atom stereocenters. The van der Waals surface area contributed by atoms with Gasteiger partial charge in [-0.1, -0.05) is 41.7 Å². The lowest BCUT2D eigenvalue weighted by molar-refractivity contribution is 0.400. The molecule has 0 saturated heterocycles. The molecule has 1 aromatic rings. The van der Waals surface area contributed by atoms with Gasteiger partial charge in [-0.15, -0.1) is 0 Å². The topological polar surface area (TPSA) is 18.5 Å². The molecule has 0 bridgehead atoms. The molecule has 0 aromatic heterocycles. The van der Waals surface area contributed by atoms with E-state index in [1.165, 1.54) is 17.6 Å². The fourth-order valence-electron chi connectivity index (χ4n) is 2.28. The number of ether oxygens (including phenoxy) is 2. The van der Waals surface area contributed by atoms with Gasteiger partial charge in [-0.05, 0) is 36.3 Å². The monoisotopic (exact) mass is 282 g/mol. The summed E-state index contributed by atoms with van der Waals surface area (Å²) < 4.78 is 11.1. The minimum Gasteiger partial charge on any atom is -0.496 e. The SMILES string of the molecule is COc1cccc(OC)c1P(CC(C)C)CC(C)C. The van der Waals surface area contributed by atoms with Gasteiger partial charge in [0.15, 0.2) is 0 Å². The van der Waals surface area contributed by atoms with E-state index in [0.717, 1.165) is 11.5 Å². The van der Waals surface area contributed by atoms with Crippen LogP contribution in [0.5, 0.6) is 11.5 Å². The zero-order valence-corrected chi connectivity index (χ0v) is 14.0. The van der Waals surface area contributed by atoms with Crippen molar-refractivity contribution in [1.29, 1.82) is 0 Å². The van der Waals surface area contributed by atoms with Crippen LogP contribution in [0.4, 0.5) is 0 Å². The van der Waals surface area contributed by atoms with Crippen molar-refractivity contribution < 1.29 is 9.47 Å². The van der Waals surface area contributed by atoms with E-state index in [-0.39, 0.29) is 7.92 Å². The molecule has 19 heavy (non-hydrogen) atoms. The first-order valence-corrected chi connectivity index (χ1v) is 8.66. The molecule has 0 amide bonds. The van der Waals surface area contributed by atoms with Crippen LogP contribution in [-0.2, 0) is 0 Å². The van der Waals surface area contributed by atoms with Gasteiger partial charge < -0.3 is 9.47 Å². The fourth-order valence-corrected chi connectivity index (χ4v) is 5.51. The lowest BCUT2D eigenvalue weighted by Crippen LogP contribution is -2.16. The summed E-state index contributed by atoms with van der Waals surface area (Å²) in [7, 11) is 3.26. The summed E-state index contributed by atoms with van der Waals surface area (Å²) in [6.45, 7) is 9.16. The van der Waals surface area contributed by atoms with E-state index in [9.17, 15) is 0 Å². The van der Waals surface area contributed by atoms with Crippen LogP contribution in [0.15, 0.2) is 18.2 Å². The third-order valence-electron chi connectivity index (χ3n) is 2.89. The van der Waals surface area contributed by atoms with Crippen LogP contribution >= 0.6 is 7.92 Å². The van der Waals surface area contributed by atoms with Crippen molar-refractivity contribution in [2.45, 2.75) is 27.7 Å². The molecule has 1 aromatic carbocycles. The average Bonchev–Trinajstić information content (AvgIpc) is 2.35. The van der Waals surface area contributed by atoms with E-state index in [1.807, 2.05) is 18.2 Å². The maximum absolute atomic E-state index is 5.57. The predicted octanol–water partition coefficient (Wildman–Crippen LogP) is 4.12. The molecule has 0 atom stereocenters. The first kappa shape index (κ1) is 16.3. The Morgan fingerprint density at radius 3 is 1.63 bits per heavy atom. The summed E-state index contributed by atoms with van der Waals surface area (Å²) in [6.07, 6.45) is 2.45. The highest BCUT2D eigenvalue weighted by Gasteiger charge is 2.22. The van der Waals surface area contributed by atoms with Crippen molar-refractivity contribution in [2.24, 2.45) is 11.8 Å². The van der Waals surface area contributed by atoms with E-state index >= 15 is 0 Å². The highest BCUT2D eigenvalue weighted by atomic mass is 31.1. The molecule has 108 valence electrons. The molecule has 0 spiro atoms. The minimum atomic E-state index is -0.238. The van der Waals surface area contributed by atoms with Gasteiger partial charge in [0, 0.05) is 0 Å². The molecule has 0 radical (unpaired) electrons. The summed E-state index contributed by atoms with van der Waals surface area (Å²) >= 11 is 0. The zero-order chi connectivity index (χ0) is 14.4. The van der Waals surface area contributed by atoms with E-state index in [0.29, 0.717) is 11.8 Å².